The zero-order valence-electron chi connectivity index (χ0n) is 18.1. The van der Waals surface area contributed by atoms with Crippen molar-refractivity contribution in [2.75, 3.05) is 6.61 Å². The molecule has 0 aromatic heterocycles. The van der Waals surface area contributed by atoms with E-state index < -0.39 is 0 Å². The minimum absolute atomic E-state index is 0.113. The van der Waals surface area contributed by atoms with Crippen LogP contribution in [0.4, 0.5) is 0 Å². The predicted molar refractivity (Wildman–Crippen MR) is 110 cm³/mol. The topological polar surface area (TPSA) is 55.4 Å². The van der Waals surface area contributed by atoms with Crippen molar-refractivity contribution in [1.82, 2.24) is 5.32 Å². The normalized spacial score (nSPS) is 39.5. The summed E-state index contributed by atoms with van der Waals surface area (Å²) < 4.78 is 5.19. The lowest BCUT2D eigenvalue weighted by Crippen LogP contribution is -2.52. The minimum Gasteiger partial charge on any atom is -0.460 e. The number of fused-ring (bicyclic) bond motifs is 1. The second kappa shape index (κ2) is 6.88. The zero-order valence-corrected chi connectivity index (χ0v) is 18.1. The van der Waals surface area contributed by atoms with Gasteiger partial charge in [-0.3, -0.25) is 4.79 Å². The average molecular weight is 388 g/mol. The predicted octanol–water partition coefficient (Wildman–Crippen LogP) is 4.78. The molecule has 0 aromatic rings. The Hall–Kier alpha value is -1.32. The van der Waals surface area contributed by atoms with Crippen molar-refractivity contribution in [3.63, 3.8) is 0 Å². The number of ether oxygens (including phenoxy) is 1. The van der Waals surface area contributed by atoms with Crippen LogP contribution in [-0.4, -0.2) is 24.5 Å². The van der Waals surface area contributed by atoms with Gasteiger partial charge in [0.15, 0.2) is 0 Å². The highest BCUT2D eigenvalue weighted by Crippen LogP contribution is 2.72. The third kappa shape index (κ3) is 3.31. The fourth-order valence-corrected chi connectivity index (χ4v) is 7.47. The maximum absolute atomic E-state index is 12.1. The number of amides is 1. The molecule has 4 fully saturated rings. The molecule has 3 saturated carbocycles. The first-order chi connectivity index (χ1) is 13.2. The van der Waals surface area contributed by atoms with Crippen LogP contribution < -0.4 is 5.32 Å². The molecule has 0 bridgehead atoms. The van der Waals surface area contributed by atoms with E-state index in [0.29, 0.717) is 21.8 Å². The van der Waals surface area contributed by atoms with Gasteiger partial charge >= 0.3 is 5.97 Å². The highest BCUT2D eigenvalue weighted by atomic mass is 16.5. The quantitative estimate of drug-likeness (QED) is 0.558. The number of carbonyl (C=O) groups is 2. The van der Waals surface area contributed by atoms with Gasteiger partial charge in [-0.2, -0.15) is 0 Å². The molecule has 4 nitrogen and oxygen atoms in total. The molecule has 4 rings (SSSR count). The second-order valence-electron chi connectivity index (χ2n) is 10.9. The first kappa shape index (κ1) is 20.0. The molecule has 4 heteroatoms. The van der Waals surface area contributed by atoms with Crippen molar-refractivity contribution >= 4 is 11.9 Å². The second-order valence-corrected chi connectivity index (χ2v) is 10.9. The van der Waals surface area contributed by atoms with Gasteiger partial charge in [0.2, 0.25) is 5.91 Å². The number of carbonyl (C=O) groups excluding carboxylic acids is 2. The van der Waals surface area contributed by atoms with E-state index in [9.17, 15) is 9.59 Å². The molecule has 3 aliphatic carbocycles. The van der Waals surface area contributed by atoms with Gasteiger partial charge in [-0.15, -0.1) is 0 Å². The van der Waals surface area contributed by atoms with Gasteiger partial charge in [0.25, 0.3) is 0 Å². The van der Waals surface area contributed by atoms with Gasteiger partial charge in [-0.25, -0.2) is 4.79 Å². The Morgan fingerprint density at radius 3 is 2.61 bits per heavy atom. The summed E-state index contributed by atoms with van der Waals surface area (Å²) in [6.07, 6.45) is 13.8. The number of nitrogens with one attached hydrogen (secondary N) is 1. The molecule has 156 valence electrons. The lowest BCUT2D eigenvalue weighted by atomic mass is 9.45. The van der Waals surface area contributed by atoms with Crippen LogP contribution in [0.25, 0.3) is 0 Å². The van der Waals surface area contributed by atoms with Crippen molar-refractivity contribution in [1.29, 1.82) is 0 Å². The zero-order chi connectivity index (χ0) is 20.2. The molecule has 1 spiro atoms. The Balaban J connectivity index is 1.51. The van der Waals surface area contributed by atoms with Crippen LogP contribution in [-0.2, 0) is 14.3 Å². The maximum atomic E-state index is 12.1. The van der Waals surface area contributed by atoms with Crippen molar-refractivity contribution in [3.8, 4) is 0 Å². The van der Waals surface area contributed by atoms with Gasteiger partial charge in [0.1, 0.15) is 6.61 Å². The molecule has 1 N–H and O–H groups in total. The first-order valence-electron chi connectivity index (χ1n) is 11.3. The summed E-state index contributed by atoms with van der Waals surface area (Å²) in [5.74, 6) is 1.21. The van der Waals surface area contributed by atoms with Gasteiger partial charge in [-0.05, 0) is 79.4 Å². The average Bonchev–Trinajstić information content (AvgIpc) is 3.28. The van der Waals surface area contributed by atoms with Gasteiger partial charge in [0.05, 0.1) is 11.6 Å². The van der Waals surface area contributed by atoms with Crippen molar-refractivity contribution in [2.45, 2.75) is 91.5 Å². The summed E-state index contributed by atoms with van der Waals surface area (Å²) >= 11 is 0. The first-order valence-corrected chi connectivity index (χ1v) is 11.3. The number of esters is 1. The monoisotopic (exact) mass is 387 g/mol. The van der Waals surface area contributed by atoms with E-state index in [-0.39, 0.29) is 24.5 Å². The number of hydrogen-bond acceptors (Lipinski definition) is 3. The SMILES string of the molecule is CC(=O)N[C@@H]1COC(=O)/C1=C\CC[C@H]1C2(CC[C@H]3C(C)(C)CCC[C@@]31C)CC2. The van der Waals surface area contributed by atoms with Crippen LogP contribution in [0.15, 0.2) is 11.6 Å². The molecule has 0 unspecified atom stereocenters. The molecule has 1 aliphatic heterocycles. The third-order valence-electron chi connectivity index (χ3n) is 8.82. The van der Waals surface area contributed by atoms with E-state index in [2.05, 4.69) is 32.2 Å². The summed E-state index contributed by atoms with van der Waals surface area (Å²) in [5.41, 5.74) is 2.11. The van der Waals surface area contributed by atoms with Crippen molar-refractivity contribution < 1.29 is 14.3 Å². The summed E-state index contributed by atoms with van der Waals surface area (Å²) in [4.78, 5) is 23.5. The third-order valence-corrected chi connectivity index (χ3v) is 8.82. The lowest BCUT2D eigenvalue weighted by molar-refractivity contribution is -0.135. The van der Waals surface area contributed by atoms with E-state index in [4.69, 9.17) is 4.74 Å². The largest absolute Gasteiger partial charge is 0.460 e. The van der Waals surface area contributed by atoms with Crippen LogP contribution >= 0.6 is 0 Å². The van der Waals surface area contributed by atoms with Gasteiger partial charge in [-0.1, -0.05) is 33.3 Å². The van der Waals surface area contributed by atoms with Crippen LogP contribution in [0.5, 0.6) is 0 Å². The number of hydrogen-bond donors (Lipinski definition) is 1. The van der Waals surface area contributed by atoms with Crippen molar-refractivity contribution in [3.05, 3.63) is 11.6 Å². The molecule has 1 saturated heterocycles. The molecule has 28 heavy (non-hydrogen) atoms. The molecule has 4 atom stereocenters. The Bertz CT molecular complexity index is 690. The molecular weight excluding hydrogens is 350 g/mol. The minimum atomic E-state index is -0.275. The Morgan fingerprint density at radius 1 is 1.18 bits per heavy atom. The fraction of sp³-hybridized carbons (Fsp3) is 0.833. The summed E-state index contributed by atoms with van der Waals surface area (Å²) in [7, 11) is 0. The van der Waals surface area contributed by atoms with Crippen LogP contribution in [0.3, 0.4) is 0 Å². The Labute approximate surface area is 169 Å². The smallest absolute Gasteiger partial charge is 0.336 e. The van der Waals surface area contributed by atoms with E-state index in [1.807, 2.05) is 0 Å². The van der Waals surface area contributed by atoms with Crippen LogP contribution in [0.2, 0.25) is 0 Å². The van der Waals surface area contributed by atoms with Crippen LogP contribution in [0.1, 0.15) is 85.5 Å². The molecular formula is C24H37NO3. The molecule has 4 aliphatic rings. The fourth-order valence-electron chi connectivity index (χ4n) is 7.47. The highest BCUT2D eigenvalue weighted by Gasteiger charge is 2.62. The molecule has 0 radical (unpaired) electrons. The van der Waals surface area contributed by atoms with E-state index in [1.165, 1.54) is 51.9 Å². The van der Waals surface area contributed by atoms with Gasteiger partial charge < -0.3 is 10.1 Å². The molecule has 1 amide bonds. The number of allylic oxidation sites excluding steroid dienone is 1. The van der Waals surface area contributed by atoms with E-state index >= 15 is 0 Å². The highest BCUT2D eigenvalue weighted by molar-refractivity contribution is 5.93. The van der Waals surface area contributed by atoms with Gasteiger partial charge in [0, 0.05) is 6.92 Å². The molecule has 0 aromatic carbocycles. The van der Waals surface area contributed by atoms with E-state index in [0.717, 1.165) is 24.7 Å². The summed E-state index contributed by atoms with van der Waals surface area (Å²) in [5, 5.41) is 2.85. The lowest BCUT2D eigenvalue weighted by Gasteiger charge is -2.60. The maximum Gasteiger partial charge on any atom is 0.336 e. The molecule has 1 heterocycles. The Kier molecular flexibility index (Phi) is 4.91. The number of rotatable bonds is 4. The number of cyclic esters (lactones) is 1. The van der Waals surface area contributed by atoms with E-state index in [1.54, 1.807) is 0 Å². The van der Waals surface area contributed by atoms with Crippen LogP contribution in [0, 0.1) is 28.1 Å². The standard InChI is InChI=1S/C24H37NO3/c1-16(26)25-18-15-28-21(27)17(18)7-5-8-20-23(4)11-6-10-22(2,3)19(23)9-12-24(20)13-14-24/h7,18-20H,5-6,8-15H2,1-4H3,(H,25,26)/b17-7-/t18-,19+,20-,23+/m1/s1. The summed E-state index contributed by atoms with van der Waals surface area (Å²) in [6, 6.07) is -0.275. The van der Waals surface area contributed by atoms with Crippen molar-refractivity contribution in [2.24, 2.45) is 28.1 Å². The summed E-state index contributed by atoms with van der Waals surface area (Å²) in [6.45, 7) is 9.33. The Morgan fingerprint density at radius 2 is 1.93 bits per heavy atom.